The van der Waals surface area contributed by atoms with Gasteiger partial charge in [-0.05, 0) is 29.8 Å². The van der Waals surface area contributed by atoms with Crippen LogP contribution in [0.3, 0.4) is 0 Å². The molecule has 19 heavy (non-hydrogen) atoms. The second-order valence-electron chi connectivity index (χ2n) is 4.08. The van der Waals surface area contributed by atoms with Crippen molar-refractivity contribution in [2.75, 3.05) is 11.7 Å². The molecule has 5 heteroatoms. The molecule has 98 valence electrons. The molecule has 0 unspecified atom stereocenters. The minimum Gasteiger partial charge on any atom is -0.279 e. The number of rotatable bonds is 4. The summed E-state index contributed by atoms with van der Waals surface area (Å²) in [5.41, 5.74) is 4.57. The molecule has 0 heterocycles. The van der Waals surface area contributed by atoms with Crippen LogP contribution in [0.25, 0.3) is 0 Å². The summed E-state index contributed by atoms with van der Waals surface area (Å²) in [4.78, 5) is 0.296. The predicted octanol–water partition coefficient (Wildman–Crippen LogP) is 2.54. The van der Waals surface area contributed by atoms with Gasteiger partial charge in [0.1, 0.15) is 0 Å². The fourth-order valence-electron chi connectivity index (χ4n) is 1.50. The standard InChI is InChI=1S/C14H14N2O2S/c1-19(17,18)14-9-7-13(8-10-14)16-15-11-12-5-3-2-4-6-12/h2-11,16H,1H3/b15-11+. The van der Waals surface area contributed by atoms with E-state index in [2.05, 4.69) is 10.5 Å². The second kappa shape index (κ2) is 5.67. The van der Waals surface area contributed by atoms with Crippen LogP contribution in [0, 0.1) is 0 Å². The molecule has 2 aromatic rings. The number of benzene rings is 2. The molecule has 0 aliphatic heterocycles. The fraction of sp³-hybridized carbons (Fsp3) is 0.0714. The molecule has 4 nitrogen and oxygen atoms in total. The predicted molar refractivity (Wildman–Crippen MR) is 77.2 cm³/mol. The maximum absolute atomic E-state index is 11.3. The first-order chi connectivity index (χ1) is 9.05. The summed E-state index contributed by atoms with van der Waals surface area (Å²) >= 11 is 0. The van der Waals surface area contributed by atoms with E-state index >= 15 is 0 Å². The van der Waals surface area contributed by atoms with Gasteiger partial charge in [0.05, 0.1) is 16.8 Å². The average Bonchev–Trinajstić information content (AvgIpc) is 2.39. The highest BCUT2D eigenvalue weighted by Crippen LogP contribution is 2.13. The molecule has 2 rings (SSSR count). The van der Waals surface area contributed by atoms with Crippen molar-refractivity contribution in [3.05, 3.63) is 60.2 Å². The van der Waals surface area contributed by atoms with E-state index in [1.165, 1.54) is 6.26 Å². The summed E-state index contributed by atoms with van der Waals surface area (Å²) in [5, 5.41) is 4.08. The molecule has 0 atom stereocenters. The van der Waals surface area contributed by atoms with Gasteiger partial charge in [0.25, 0.3) is 0 Å². The van der Waals surface area contributed by atoms with E-state index in [4.69, 9.17) is 0 Å². The zero-order valence-corrected chi connectivity index (χ0v) is 11.3. The van der Waals surface area contributed by atoms with Gasteiger partial charge < -0.3 is 0 Å². The Kier molecular flexibility index (Phi) is 3.97. The number of anilines is 1. The zero-order valence-electron chi connectivity index (χ0n) is 10.4. The van der Waals surface area contributed by atoms with Crippen LogP contribution in [0.15, 0.2) is 64.6 Å². The monoisotopic (exact) mass is 274 g/mol. The first-order valence-corrected chi connectivity index (χ1v) is 7.59. The van der Waals surface area contributed by atoms with Gasteiger partial charge >= 0.3 is 0 Å². The van der Waals surface area contributed by atoms with Gasteiger partial charge in [0.15, 0.2) is 9.84 Å². The quantitative estimate of drug-likeness (QED) is 0.688. The third-order valence-corrected chi connectivity index (χ3v) is 3.62. The van der Waals surface area contributed by atoms with Gasteiger partial charge in [0, 0.05) is 6.26 Å². The Labute approximate surface area is 112 Å². The number of nitrogens with zero attached hydrogens (tertiary/aromatic N) is 1. The molecule has 0 aliphatic carbocycles. The fourth-order valence-corrected chi connectivity index (χ4v) is 2.13. The van der Waals surface area contributed by atoms with Gasteiger partial charge in [-0.15, -0.1) is 0 Å². The summed E-state index contributed by atoms with van der Waals surface area (Å²) in [5.74, 6) is 0. The van der Waals surface area contributed by atoms with E-state index in [-0.39, 0.29) is 0 Å². The third-order valence-electron chi connectivity index (χ3n) is 2.49. The topological polar surface area (TPSA) is 58.5 Å². The van der Waals surface area contributed by atoms with Crippen molar-refractivity contribution in [2.45, 2.75) is 4.90 Å². The summed E-state index contributed by atoms with van der Waals surface area (Å²) in [6, 6.07) is 16.2. The molecule has 2 aromatic carbocycles. The Balaban J connectivity index is 2.03. The van der Waals surface area contributed by atoms with Crippen molar-refractivity contribution in [1.29, 1.82) is 0 Å². The maximum atomic E-state index is 11.3. The lowest BCUT2D eigenvalue weighted by molar-refractivity contribution is 0.602. The van der Waals surface area contributed by atoms with Crippen molar-refractivity contribution in [1.82, 2.24) is 0 Å². The second-order valence-corrected chi connectivity index (χ2v) is 6.09. The lowest BCUT2D eigenvalue weighted by Crippen LogP contribution is -1.97. The van der Waals surface area contributed by atoms with Crippen LogP contribution in [0.5, 0.6) is 0 Å². The Morgan fingerprint density at radius 3 is 2.21 bits per heavy atom. The van der Waals surface area contributed by atoms with E-state index < -0.39 is 9.84 Å². The van der Waals surface area contributed by atoms with Crippen LogP contribution in [0.4, 0.5) is 5.69 Å². The van der Waals surface area contributed by atoms with Gasteiger partial charge in [-0.2, -0.15) is 5.10 Å². The lowest BCUT2D eigenvalue weighted by atomic mass is 10.2. The van der Waals surface area contributed by atoms with Gasteiger partial charge in [-0.3, -0.25) is 5.43 Å². The zero-order chi connectivity index (χ0) is 13.7. The molecular formula is C14H14N2O2S. The number of hydrogen-bond donors (Lipinski definition) is 1. The smallest absolute Gasteiger partial charge is 0.175 e. The van der Waals surface area contributed by atoms with Crippen LogP contribution in [-0.4, -0.2) is 20.9 Å². The van der Waals surface area contributed by atoms with Crippen LogP contribution < -0.4 is 5.43 Å². The van der Waals surface area contributed by atoms with Crippen molar-refractivity contribution in [3.63, 3.8) is 0 Å². The molecule has 0 radical (unpaired) electrons. The van der Waals surface area contributed by atoms with E-state index in [1.54, 1.807) is 30.5 Å². The molecule has 0 saturated heterocycles. The first-order valence-electron chi connectivity index (χ1n) is 5.70. The molecule has 0 spiro atoms. The first kappa shape index (κ1) is 13.3. The molecule has 0 aromatic heterocycles. The summed E-state index contributed by atoms with van der Waals surface area (Å²) in [7, 11) is -3.15. The largest absolute Gasteiger partial charge is 0.279 e. The van der Waals surface area contributed by atoms with Crippen molar-refractivity contribution in [2.24, 2.45) is 5.10 Å². The van der Waals surface area contributed by atoms with Crippen LogP contribution in [-0.2, 0) is 9.84 Å². The van der Waals surface area contributed by atoms with Crippen molar-refractivity contribution >= 4 is 21.7 Å². The molecule has 0 saturated carbocycles. The molecule has 0 fully saturated rings. The van der Waals surface area contributed by atoms with Gasteiger partial charge in [-0.1, -0.05) is 30.3 Å². The number of sulfone groups is 1. The van der Waals surface area contributed by atoms with Crippen LogP contribution in [0.2, 0.25) is 0 Å². The number of nitrogens with one attached hydrogen (secondary N) is 1. The maximum Gasteiger partial charge on any atom is 0.175 e. The van der Waals surface area contributed by atoms with E-state index in [0.717, 1.165) is 11.3 Å². The average molecular weight is 274 g/mol. The van der Waals surface area contributed by atoms with Gasteiger partial charge in [-0.25, -0.2) is 8.42 Å². The van der Waals surface area contributed by atoms with Crippen molar-refractivity contribution < 1.29 is 8.42 Å². The van der Waals surface area contributed by atoms with E-state index in [1.807, 2.05) is 30.3 Å². The SMILES string of the molecule is CS(=O)(=O)c1ccc(N/N=C/c2ccccc2)cc1. The highest BCUT2D eigenvalue weighted by molar-refractivity contribution is 7.90. The summed E-state index contributed by atoms with van der Waals surface area (Å²) in [6.45, 7) is 0. The minimum absolute atomic E-state index is 0.296. The molecule has 0 aliphatic rings. The van der Waals surface area contributed by atoms with Crippen molar-refractivity contribution in [3.8, 4) is 0 Å². The van der Waals surface area contributed by atoms with Crippen LogP contribution >= 0.6 is 0 Å². The highest BCUT2D eigenvalue weighted by Gasteiger charge is 2.05. The van der Waals surface area contributed by atoms with Crippen LogP contribution in [0.1, 0.15) is 5.56 Å². The molecular weight excluding hydrogens is 260 g/mol. The number of hydrazone groups is 1. The Morgan fingerprint density at radius 2 is 1.63 bits per heavy atom. The molecule has 0 amide bonds. The van der Waals surface area contributed by atoms with E-state index in [9.17, 15) is 8.42 Å². The Bertz CT molecular complexity index is 662. The third kappa shape index (κ3) is 3.93. The minimum atomic E-state index is -3.15. The normalized spacial score (nSPS) is 11.6. The Morgan fingerprint density at radius 1 is 1.00 bits per heavy atom. The summed E-state index contributed by atoms with van der Waals surface area (Å²) in [6.07, 6.45) is 2.88. The highest BCUT2D eigenvalue weighted by atomic mass is 32.2. The van der Waals surface area contributed by atoms with E-state index in [0.29, 0.717) is 4.90 Å². The Hall–Kier alpha value is -2.14. The summed E-state index contributed by atoms with van der Waals surface area (Å²) < 4.78 is 22.6. The molecule has 1 N–H and O–H groups in total. The number of hydrogen-bond acceptors (Lipinski definition) is 4. The van der Waals surface area contributed by atoms with Gasteiger partial charge in [0.2, 0.25) is 0 Å². The lowest BCUT2D eigenvalue weighted by Gasteiger charge is -2.01. The molecule has 0 bridgehead atoms.